The third-order valence-electron chi connectivity index (χ3n) is 2.49. The summed E-state index contributed by atoms with van der Waals surface area (Å²) in [5.41, 5.74) is 2.12. The molecule has 0 aliphatic heterocycles. The second-order valence-corrected chi connectivity index (χ2v) is 4.18. The minimum atomic E-state index is -5.29. The van der Waals surface area contributed by atoms with Crippen molar-refractivity contribution in [2.75, 3.05) is 6.61 Å². The molecular formula is C12H12F6N2O3. The summed E-state index contributed by atoms with van der Waals surface area (Å²) in [4.78, 5) is 14.7. The van der Waals surface area contributed by atoms with Gasteiger partial charge in [-0.2, -0.15) is 13.2 Å². The number of carbonyl (C=O) groups is 1. The number of hydrogen-bond acceptors (Lipinski definition) is 5. The number of aromatic nitrogens is 1. The summed E-state index contributed by atoms with van der Waals surface area (Å²) in [6.07, 6.45) is -11.4. The van der Waals surface area contributed by atoms with Crippen molar-refractivity contribution >= 4 is 5.97 Å². The van der Waals surface area contributed by atoms with Gasteiger partial charge in [0, 0.05) is 12.1 Å². The number of ether oxygens (including phenoxy) is 2. The monoisotopic (exact) mass is 346 g/mol. The van der Waals surface area contributed by atoms with Crippen LogP contribution in [0, 0.1) is 0 Å². The van der Waals surface area contributed by atoms with Crippen LogP contribution in [-0.4, -0.2) is 23.9 Å². The van der Waals surface area contributed by atoms with E-state index in [-0.39, 0.29) is 6.61 Å². The molecule has 0 atom stereocenters. The van der Waals surface area contributed by atoms with Crippen LogP contribution in [0.5, 0.6) is 5.88 Å². The lowest BCUT2D eigenvalue weighted by Gasteiger charge is -2.18. The Bertz CT molecular complexity index is 571. The van der Waals surface area contributed by atoms with Crippen LogP contribution in [0.2, 0.25) is 0 Å². The van der Waals surface area contributed by atoms with Crippen LogP contribution >= 0.6 is 0 Å². The Morgan fingerprint density at radius 2 is 1.87 bits per heavy atom. The van der Waals surface area contributed by atoms with Gasteiger partial charge in [0.05, 0.1) is 24.3 Å². The van der Waals surface area contributed by atoms with Crippen LogP contribution in [0.3, 0.4) is 0 Å². The van der Waals surface area contributed by atoms with Crippen molar-refractivity contribution in [1.82, 2.24) is 4.98 Å². The van der Waals surface area contributed by atoms with E-state index in [1.54, 1.807) is 0 Å². The van der Waals surface area contributed by atoms with Crippen molar-refractivity contribution in [3.05, 3.63) is 22.9 Å². The number of rotatable bonds is 5. The molecule has 0 aromatic carbocycles. The topological polar surface area (TPSA) is 74.4 Å². The second-order valence-electron chi connectivity index (χ2n) is 4.18. The number of nitrogens with two attached hydrogens (primary N) is 1. The van der Waals surface area contributed by atoms with Crippen molar-refractivity contribution in [1.29, 1.82) is 0 Å². The van der Waals surface area contributed by atoms with Gasteiger partial charge >= 0.3 is 18.5 Å². The molecule has 0 fully saturated rings. The fourth-order valence-corrected chi connectivity index (χ4v) is 1.68. The molecule has 11 heteroatoms. The molecule has 2 N–H and O–H groups in total. The highest BCUT2D eigenvalue weighted by atomic mass is 19.4. The molecule has 0 saturated carbocycles. The lowest BCUT2D eigenvalue weighted by molar-refractivity contribution is -0.276. The van der Waals surface area contributed by atoms with Crippen molar-refractivity contribution < 1.29 is 40.6 Å². The highest BCUT2D eigenvalue weighted by Gasteiger charge is 2.40. The molecule has 0 aliphatic rings. The fourth-order valence-electron chi connectivity index (χ4n) is 1.68. The van der Waals surface area contributed by atoms with Crippen LogP contribution in [0.4, 0.5) is 26.3 Å². The van der Waals surface area contributed by atoms with Gasteiger partial charge in [0.1, 0.15) is 0 Å². The number of carbonyl (C=O) groups excluding carboxylic acids is 1. The maximum atomic E-state index is 13.1. The molecular weight excluding hydrogens is 334 g/mol. The molecule has 0 spiro atoms. The number of hydrogen-bond donors (Lipinski definition) is 1. The van der Waals surface area contributed by atoms with E-state index in [4.69, 9.17) is 5.73 Å². The maximum Gasteiger partial charge on any atom is 0.574 e. The summed E-state index contributed by atoms with van der Waals surface area (Å²) in [6, 6.07) is 0.470. The molecule has 0 saturated heterocycles. The van der Waals surface area contributed by atoms with Crippen LogP contribution in [0.25, 0.3) is 0 Å². The van der Waals surface area contributed by atoms with Gasteiger partial charge in [-0.25, -0.2) is 4.98 Å². The fraction of sp³-hybridized carbons (Fsp3) is 0.500. The summed E-state index contributed by atoms with van der Waals surface area (Å²) in [5, 5.41) is 0. The minimum Gasteiger partial charge on any atom is -0.466 e. The second kappa shape index (κ2) is 7.02. The van der Waals surface area contributed by atoms with Crippen molar-refractivity contribution in [3.63, 3.8) is 0 Å². The van der Waals surface area contributed by atoms with Gasteiger partial charge in [0.15, 0.2) is 0 Å². The summed E-state index contributed by atoms with van der Waals surface area (Å²) < 4.78 is 84.3. The van der Waals surface area contributed by atoms with Crippen LogP contribution in [0.1, 0.15) is 23.7 Å². The van der Waals surface area contributed by atoms with Gasteiger partial charge in [-0.15, -0.1) is 13.2 Å². The number of nitrogens with zero attached hydrogens (tertiary/aromatic N) is 1. The normalized spacial score (nSPS) is 12.2. The zero-order chi connectivity index (χ0) is 17.8. The molecule has 1 aromatic rings. The molecule has 0 aliphatic carbocycles. The van der Waals surface area contributed by atoms with E-state index >= 15 is 0 Å². The molecule has 130 valence electrons. The van der Waals surface area contributed by atoms with E-state index < -0.39 is 54.2 Å². The first-order valence-electron chi connectivity index (χ1n) is 6.19. The molecule has 23 heavy (non-hydrogen) atoms. The third-order valence-corrected chi connectivity index (χ3v) is 2.49. The third kappa shape index (κ3) is 5.58. The molecule has 0 unspecified atom stereocenters. The summed E-state index contributed by atoms with van der Waals surface area (Å²) in [6.45, 7) is 0.701. The quantitative estimate of drug-likeness (QED) is 0.655. The van der Waals surface area contributed by atoms with Crippen molar-refractivity contribution in [3.8, 4) is 5.88 Å². The summed E-state index contributed by atoms with van der Waals surface area (Å²) in [5.74, 6) is -2.52. The summed E-state index contributed by atoms with van der Waals surface area (Å²) in [7, 11) is 0. The average Bonchev–Trinajstić information content (AvgIpc) is 2.37. The van der Waals surface area contributed by atoms with Crippen LogP contribution in [0.15, 0.2) is 6.07 Å². The average molecular weight is 346 g/mol. The number of alkyl halides is 6. The SMILES string of the molecule is CCOC(=O)Cc1c(C(F)(F)F)cc(CN)nc1OC(F)(F)F. The Balaban J connectivity index is 3.47. The minimum absolute atomic E-state index is 0.149. The van der Waals surface area contributed by atoms with Crippen molar-refractivity contribution in [2.45, 2.75) is 32.4 Å². The first kappa shape index (κ1) is 19.0. The van der Waals surface area contributed by atoms with E-state index in [1.807, 2.05) is 0 Å². The van der Waals surface area contributed by atoms with Gasteiger partial charge < -0.3 is 15.2 Å². The molecule has 5 nitrogen and oxygen atoms in total. The Morgan fingerprint density at radius 1 is 1.26 bits per heavy atom. The smallest absolute Gasteiger partial charge is 0.466 e. The Morgan fingerprint density at radius 3 is 2.30 bits per heavy atom. The van der Waals surface area contributed by atoms with Gasteiger partial charge in [0.25, 0.3) is 0 Å². The van der Waals surface area contributed by atoms with Gasteiger partial charge in [-0.3, -0.25) is 4.79 Å². The zero-order valence-electron chi connectivity index (χ0n) is 11.7. The molecule has 0 bridgehead atoms. The highest BCUT2D eigenvalue weighted by molar-refractivity contribution is 5.74. The highest BCUT2D eigenvalue weighted by Crippen LogP contribution is 2.37. The van der Waals surface area contributed by atoms with Crippen LogP contribution < -0.4 is 10.5 Å². The maximum absolute atomic E-state index is 13.1. The first-order valence-corrected chi connectivity index (χ1v) is 6.19. The number of pyridine rings is 1. The standard InChI is InChI=1S/C12H12F6N2O3/c1-2-22-9(21)4-7-8(11(13,14)15)3-6(5-19)20-10(7)23-12(16,17)18/h3H,2,4-5,19H2,1H3. The Kier molecular flexibility index (Phi) is 5.81. The predicted molar refractivity (Wildman–Crippen MR) is 64.2 cm³/mol. The molecule has 0 radical (unpaired) electrons. The number of halogens is 6. The zero-order valence-corrected chi connectivity index (χ0v) is 11.7. The lowest BCUT2D eigenvalue weighted by atomic mass is 10.0. The van der Waals surface area contributed by atoms with Gasteiger partial charge in [-0.05, 0) is 13.0 Å². The van der Waals surface area contributed by atoms with Crippen molar-refractivity contribution in [2.24, 2.45) is 5.73 Å². The van der Waals surface area contributed by atoms with Gasteiger partial charge in [-0.1, -0.05) is 0 Å². The summed E-state index contributed by atoms with van der Waals surface area (Å²) >= 11 is 0. The molecule has 1 aromatic heterocycles. The molecule has 0 amide bonds. The predicted octanol–water partition coefficient (Wildman–Crippen LogP) is 2.56. The Hall–Kier alpha value is -2.04. The Labute approximate surface area is 126 Å². The van der Waals surface area contributed by atoms with E-state index in [0.717, 1.165) is 0 Å². The molecule has 1 rings (SSSR count). The first-order chi connectivity index (χ1) is 10.5. The lowest BCUT2D eigenvalue weighted by Crippen LogP contribution is -2.23. The van der Waals surface area contributed by atoms with E-state index in [0.29, 0.717) is 6.07 Å². The van der Waals surface area contributed by atoms with E-state index in [9.17, 15) is 31.1 Å². The van der Waals surface area contributed by atoms with Crippen LogP contribution in [-0.2, 0) is 28.7 Å². The number of esters is 1. The van der Waals surface area contributed by atoms with E-state index in [2.05, 4.69) is 14.5 Å². The largest absolute Gasteiger partial charge is 0.574 e. The van der Waals surface area contributed by atoms with E-state index in [1.165, 1.54) is 6.92 Å². The molecule has 1 heterocycles. The van der Waals surface area contributed by atoms with Gasteiger partial charge in [0.2, 0.25) is 5.88 Å².